The fraction of sp³-hybridized carbons (Fsp3) is 0.875. The molecule has 15 heavy (non-hydrogen) atoms. The van der Waals surface area contributed by atoms with Crippen LogP contribution < -0.4 is 11.1 Å². The maximum absolute atomic E-state index is 10.9. The fourth-order valence-corrected chi connectivity index (χ4v) is 2.07. The second kappa shape index (κ2) is 3.39. The van der Waals surface area contributed by atoms with Gasteiger partial charge in [0, 0.05) is 6.92 Å². The van der Waals surface area contributed by atoms with E-state index in [0.29, 0.717) is 0 Å². The van der Waals surface area contributed by atoms with Gasteiger partial charge in [-0.3, -0.25) is 10.5 Å². The number of aliphatic hydroxyl groups is 3. The van der Waals surface area contributed by atoms with Gasteiger partial charge in [0.1, 0.15) is 12.1 Å². The van der Waals surface area contributed by atoms with Crippen LogP contribution in [0.25, 0.3) is 0 Å². The highest BCUT2D eigenvalue weighted by Gasteiger charge is 2.72. The zero-order valence-corrected chi connectivity index (χ0v) is 8.20. The van der Waals surface area contributed by atoms with Gasteiger partial charge in [-0.15, -0.1) is 0 Å². The highest BCUT2D eigenvalue weighted by atomic mass is 16.9. The molecule has 0 unspecified atom stereocenters. The molecule has 2 rings (SSSR count). The first-order valence-corrected chi connectivity index (χ1v) is 4.72. The zero-order chi connectivity index (χ0) is 11.3. The summed E-state index contributed by atoms with van der Waals surface area (Å²) in [7, 11) is 0. The zero-order valence-electron chi connectivity index (χ0n) is 8.20. The maximum Gasteiger partial charge on any atom is 0.342 e. The van der Waals surface area contributed by atoms with Crippen molar-refractivity contribution in [1.82, 2.24) is 5.32 Å². The molecule has 0 spiro atoms. The summed E-state index contributed by atoms with van der Waals surface area (Å²) in [6.45, 7) is 1.29. The van der Waals surface area contributed by atoms with Crippen LogP contribution in [0.15, 0.2) is 0 Å². The van der Waals surface area contributed by atoms with Gasteiger partial charge in [0.15, 0.2) is 6.10 Å². The lowest BCUT2D eigenvalue weighted by Crippen LogP contribution is -2.62. The van der Waals surface area contributed by atoms with Crippen molar-refractivity contribution < 1.29 is 24.5 Å². The number of nitrogens with one attached hydrogen (secondary N) is 1. The minimum Gasteiger partial charge on any atom is -0.388 e. The van der Waals surface area contributed by atoms with E-state index in [2.05, 4.69) is 9.68 Å². The molecule has 6 atom stereocenters. The molecule has 2 heterocycles. The lowest BCUT2D eigenvalue weighted by Gasteiger charge is -2.31. The summed E-state index contributed by atoms with van der Waals surface area (Å²) in [5.41, 5.74) is 5.70. The number of aliphatic hydroxyl groups excluding tert-OH is 3. The largest absolute Gasteiger partial charge is 0.388 e. The van der Waals surface area contributed by atoms with Crippen LogP contribution in [-0.2, 0) is 9.16 Å². The Balaban J connectivity index is 2.13. The molecule has 0 radical (unpaired) electrons. The van der Waals surface area contributed by atoms with Gasteiger partial charge < -0.3 is 25.0 Å². The summed E-state index contributed by atoms with van der Waals surface area (Å²) in [5, 5.41) is 31.1. The Morgan fingerprint density at radius 2 is 1.93 bits per heavy atom. The lowest BCUT2D eigenvalue weighted by molar-refractivity contribution is -0.184. The van der Waals surface area contributed by atoms with Gasteiger partial charge in [0.2, 0.25) is 12.1 Å². The number of fused-ring (bicyclic) bond motifs is 1. The van der Waals surface area contributed by atoms with Crippen molar-refractivity contribution in [3.05, 3.63) is 0 Å². The van der Waals surface area contributed by atoms with Crippen molar-refractivity contribution in [1.29, 1.82) is 0 Å². The molecule has 86 valence electrons. The Labute approximate surface area is 86.1 Å². The lowest BCUT2D eigenvalue weighted by atomic mass is 9.99. The van der Waals surface area contributed by atoms with Crippen LogP contribution in [0.4, 0.5) is 0 Å². The van der Waals surface area contributed by atoms with Crippen LogP contribution in [0.3, 0.4) is 0 Å². The van der Waals surface area contributed by atoms with E-state index < -0.39 is 36.9 Å². The second-order valence-corrected chi connectivity index (χ2v) is 3.94. The first-order valence-electron chi connectivity index (χ1n) is 4.72. The molecule has 0 saturated carbocycles. The predicted molar refractivity (Wildman–Crippen MR) is 48.5 cm³/mol. The normalized spacial score (nSPS) is 49.7. The van der Waals surface area contributed by atoms with Crippen LogP contribution in [-0.4, -0.2) is 58.1 Å². The molecule has 2 aliphatic heterocycles. The van der Waals surface area contributed by atoms with Crippen molar-refractivity contribution in [2.24, 2.45) is 5.73 Å². The van der Waals surface area contributed by atoms with Gasteiger partial charge in [-0.25, -0.2) is 0 Å². The number of carbonyl (C=O) groups is 1. The number of amides is 1. The van der Waals surface area contributed by atoms with E-state index in [1.54, 1.807) is 0 Å². The Morgan fingerprint density at radius 1 is 1.33 bits per heavy atom. The molecular weight excluding hydrogens is 204 g/mol. The number of epoxide rings is 1. The summed E-state index contributed by atoms with van der Waals surface area (Å²) in [4.78, 5) is 10.9. The van der Waals surface area contributed by atoms with Crippen LogP contribution in [0.1, 0.15) is 6.92 Å². The maximum atomic E-state index is 10.9. The predicted octanol–water partition coefficient (Wildman–Crippen LogP) is -3.24. The molecule has 0 aliphatic carbocycles. The number of rotatable bonds is 1. The number of hydrogen-bond acceptors (Lipinski definition) is 5. The second-order valence-electron chi connectivity index (χ2n) is 3.94. The van der Waals surface area contributed by atoms with Gasteiger partial charge in [-0.2, -0.15) is 0 Å². The van der Waals surface area contributed by atoms with E-state index in [9.17, 15) is 20.1 Å². The number of nitrogens with two attached hydrogens (primary N) is 1. The monoisotopic (exact) mass is 219 g/mol. The number of carbonyl (C=O) groups excluding carboxylic acids is 1. The van der Waals surface area contributed by atoms with Crippen LogP contribution in [0, 0.1) is 0 Å². The Hall–Kier alpha value is -0.730. The van der Waals surface area contributed by atoms with Gasteiger partial charge in [-0.1, -0.05) is 0 Å². The SMILES string of the molecule is CC(=O)N[C@@H]1[C@@H](O)[C@H](O)[C@H]2[C@@H](O)[O+]2[C@H]1N. The smallest absolute Gasteiger partial charge is 0.342 e. The summed E-state index contributed by atoms with van der Waals surface area (Å²) >= 11 is 0. The average molecular weight is 219 g/mol. The van der Waals surface area contributed by atoms with E-state index in [1.807, 2.05) is 0 Å². The highest BCUT2D eigenvalue weighted by Crippen LogP contribution is 2.43. The Kier molecular flexibility index (Phi) is 2.44. The molecule has 0 aromatic heterocycles. The molecule has 0 aromatic carbocycles. The van der Waals surface area contributed by atoms with Gasteiger partial charge in [0.05, 0.1) is 0 Å². The van der Waals surface area contributed by atoms with E-state index >= 15 is 0 Å². The average Bonchev–Trinajstić information content (AvgIpc) is 2.81. The minimum atomic E-state index is -1.17. The topological polar surface area (TPSA) is 119 Å². The third-order valence-corrected chi connectivity index (χ3v) is 2.89. The van der Waals surface area contributed by atoms with Crippen molar-refractivity contribution >= 4 is 5.91 Å². The first-order chi connectivity index (χ1) is 6.95. The van der Waals surface area contributed by atoms with Gasteiger partial charge in [0.25, 0.3) is 6.10 Å². The molecule has 7 heteroatoms. The standard InChI is InChI=1S/C8H14N2O5/c1-2(11)10-3-4(12)5(13)6-8(14)15(6)7(3)9/h3-8,12-14H,9H2,1H3/p+1/t3-,4-,5+,6+,7-,8+/m1/s1. The van der Waals surface area contributed by atoms with E-state index in [0.717, 1.165) is 0 Å². The minimum absolute atomic E-state index is 0.350. The summed E-state index contributed by atoms with van der Waals surface area (Å²) in [5.74, 6) is -0.350. The van der Waals surface area contributed by atoms with Gasteiger partial charge >= 0.3 is 6.29 Å². The molecule has 7 nitrogen and oxygen atoms in total. The Bertz CT molecular complexity index is 274. The summed E-state index contributed by atoms with van der Waals surface area (Å²) < 4.78 is 2.30. The van der Waals surface area contributed by atoms with Crippen LogP contribution in [0.2, 0.25) is 0 Å². The van der Waals surface area contributed by atoms with Crippen molar-refractivity contribution in [3.8, 4) is 0 Å². The molecule has 2 saturated heterocycles. The Morgan fingerprint density at radius 3 is 2.47 bits per heavy atom. The number of hydrogen-bond donors (Lipinski definition) is 5. The molecule has 2 aliphatic rings. The van der Waals surface area contributed by atoms with E-state index in [-0.39, 0.29) is 5.91 Å². The molecule has 2 fully saturated rings. The van der Waals surface area contributed by atoms with E-state index in [4.69, 9.17) is 5.73 Å². The van der Waals surface area contributed by atoms with Gasteiger partial charge in [-0.05, 0) is 0 Å². The van der Waals surface area contributed by atoms with Crippen molar-refractivity contribution in [2.75, 3.05) is 0 Å². The molecule has 1 amide bonds. The summed E-state index contributed by atoms with van der Waals surface area (Å²) in [6, 6.07) is -0.795. The molecular formula is C8H15N2O5+. The van der Waals surface area contributed by atoms with Crippen molar-refractivity contribution in [2.45, 2.75) is 43.8 Å². The highest BCUT2D eigenvalue weighted by molar-refractivity contribution is 5.73. The van der Waals surface area contributed by atoms with Crippen LogP contribution >= 0.6 is 0 Å². The van der Waals surface area contributed by atoms with E-state index in [1.165, 1.54) is 6.92 Å². The summed E-state index contributed by atoms with van der Waals surface area (Å²) in [6.07, 6.45) is -4.56. The third kappa shape index (κ3) is 1.52. The molecule has 0 bridgehead atoms. The fourth-order valence-electron chi connectivity index (χ4n) is 2.07. The van der Waals surface area contributed by atoms with Crippen LogP contribution in [0.5, 0.6) is 0 Å². The molecule has 6 N–H and O–H groups in total. The quantitative estimate of drug-likeness (QED) is 0.235. The molecule has 0 aromatic rings. The van der Waals surface area contributed by atoms with Crippen molar-refractivity contribution in [3.63, 3.8) is 0 Å². The third-order valence-electron chi connectivity index (χ3n) is 2.89. The first kappa shape index (κ1) is 10.8.